The quantitative estimate of drug-likeness (QED) is 0.568. The molecule has 1 amide bonds. The first-order valence-corrected chi connectivity index (χ1v) is 5.77. The van der Waals surface area contributed by atoms with E-state index < -0.39 is 0 Å². The lowest BCUT2D eigenvalue weighted by molar-refractivity contribution is -0.140. The fourth-order valence-corrected chi connectivity index (χ4v) is 1.80. The predicted molar refractivity (Wildman–Crippen MR) is 62.8 cm³/mol. The predicted octanol–water partition coefficient (Wildman–Crippen LogP) is 1.26. The minimum Gasteiger partial charge on any atom is -0.494 e. The van der Waals surface area contributed by atoms with Gasteiger partial charge in [-0.2, -0.15) is 0 Å². The molecule has 1 aliphatic rings. The van der Waals surface area contributed by atoms with Crippen LogP contribution in [0.4, 0.5) is 0 Å². The smallest absolute Gasteiger partial charge is 0.290 e. The summed E-state index contributed by atoms with van der Waals surface area (Å²) < 4.78 is 5.50. The van der Waals surface area contributed by atoms with Crippen molar-refractivity contribution in [2.75, 3.05) is 19.7 Å². The van der Waals surface area contributed by atoms with E-state index in [0.29, 0.717) is 26.1 Å². The number of Topliss-reactive ketones (excluding diaryl/α,β-unsaturated/α-hetero) is 1. The maximum atomic E-state index is 11.3. The molecular weight excluding hydrogens is 218 g/mol. The highest BCUT2D eigenvalue weighted by atomic mass is 16.5. The Kier molecular flexibility index (Phi) is 3.75. The molecule has 90 valence electrons. The second kappa shape index (κ2) is 5.48. The summed E-state index contributed by atoms with van der Waals surface area (Å²) in [6, 6.07) is 9.55. The van der Waals surface area contributed by atoms with Crippen molar-refractivity contribution in [3.8, 4) is 5.75 Å². The van der Waals surface area contributed by atoms with Gasteiger partial charge in [-0.25, -0.2) is 0 Å². The van der Waals surface area contributed by atoms with Gasteiger partial charge in [-0.15, -0.1) is 0 Å². The van der Waals surface area contributed by atoms with E-state index in [1.54, 1.807) is 4.90 Å². The number of para-hydroxylation sites is 1. The van der Waals surface area contributed by atoms with Gasteiger partial charge in [0.25, 0.3) is 5.91 Å². The molecule has 1 aromatic carbocycles. The number of hydrogen-bond donors (Lipinski definition) is 0. The normalized spacial score (nSPS) is 15.4. The third-order valence-corrected chi connectivity index (χ3v) is 2.72. The molecule has 1 fully saturated rings. The third-order valence-electron chi connectivity index (χ3n) is 2.72. The van der Waals surface area contributed by atoms with Gasteiger partial charge < -0.3 is 9.64 Å². The second-order valence-electron chi connectivity index (χ2n) is 3.98. The van der Waals surface area contributed by atoms with Crippen molar-refractivity contribution in [1.82, 2.24) is 4.90 Å². The lowest BCUT2D eigenvalue weighted by atomic mass is 10.3. The van der Waals surface area contributed by atoms with E-state index >= 15 is 0 Å². The van der Waals surface area contributed by atoms with Gasteiger partial charge in [0.1, 0.15) is 5.75 Å². The van der Waals surface area contributed by atoms with Gasteiger partial charge in [0.2, 0.25) is 5.78 Å². The van der Waals surface area contributed by atoms with Crippen molar-refractivity contribution in [2.45, 2.75) is 12.8 Å². The number of rotatable bonds is 5. The summed E-state index contributed by atoms with van der Waals surface area (Å²) in [5.74, 6) is 0.218. The SMILES string of the molecule is O=C1CCN(CCCOc2ccccc2)C1=O. The van der Waals surface area contributed by atoms with Crippen LogP contribution in [0, 0.1) is 0 Å². The third kappa shape index (κ3) is 3.06. The van der Waals surface area contributed by atoms with Crippen molar-refractivity contribution in [1.29, 1.82) is 0 Å². The summed E-state index contributed by atoms with van der Waals surface area (Å²) in [6.45, 7) is 1.71. The lowest BCUT2D eigenvalue weighted by Gasteiger charge is -2.14. The Morgan fingerprint density at radius 1 is 1.18 bits per heavy atom. The summed E-state index contributed by atoms with van der Waals surface area (Å²) in [5.41, 5.74) is 0. The van der Waals surface area contributed by atoms with Crippen LogP contribution in [0.15, 0.2) is 30.3 Å². The average Bonchev–Trinajstić information content (AvgIpc) is 2.67. The standard InChI is InChI=1S/C13H15NO3/c15-12-7-9-14(13(12)16)8-4-10-17-11-5-2-1-3-6-11/h1-3,5-6H,4,7-10H2. The Morgan fingerprint density at radius 3 is 2.59 bits per heavy atom. The molecule has 0 saturated carbocycles. The van der Waals surface area contributed by atoms with Gasteiger partial charge >= 0.3 is 0 Å². The Bertz CT molecular complexity index is 402. The molecule has 0 N–H and O–H groups in total. The fourth-order valence-electron chi connectivity index (χ4n) is 1.80. The molecule has 1 aliphatic heterocycles. The Morgan fingerprint density at radius 2 is 1.94 bits per heavy atom. The largest absolute Gasteiger partial charge is 0.494 e. The fraction of sp³-hybridized carbons (Fsp3) is 0.385. The molecule has 0 unspecified atom stereocenters. The van der Waals surface area contributed by atoms with Gasteiger partial charge in [-0.3, -0.25) is 9.59 Å². The molecular formula is C13H15NO3. The maximum absolute atomic E-state index is 11.3. The van der Waals surface area contributed by atoms with Gasteiger partial charge in [-0.05, 0) is 18.6 Å². The molecule has 1 saturated heterocycles. The van der Waals surface area contributed by atoms with Gasteiger partial charge in [0, 0.05) is 19.5 Å². The van der Waals surface area contributed by atoms with Crippen LogP contribution in [0.2, 0.25) is 0 Å². The van der Waals surface area contributed by atoms with Crippen LogP contribution in [0.3, 0.4) is 0 Å². The summed E-state index contributed by atoms with van der Waals surface area (Å²) in [5, 5.41) is 0. The minimum atomic E-state index is -0.343. The number of ether oxygens (including phenoxy) is 1. The summed E-state index contributed by atoms with van der Waals surface area (Å²) >= 11 is 0. The maximum Gasteiger partial charge on any atom is 0.290 e. The minimum absolute atomic E-state index is 0.269. The molecule has 4 nitrogen and oxygen atoms in total. The van der Waals surface area contributed by atoms with Crippen LogP contribution in [-0.2, 0) is 9.59 Å². The number of hydrogen-bond acceptors (Lipinski definition) is 3. The first kappa shape index (κ1) is 11.6. The molecule has 17 heavy (non-hydrogen) atoms. The summed E-state index contributed by atoms with van der Waals surface area (Å²) in [6.07, 6.45) is 1.10. The lowest BCUT2D eigenvalue weighted by Crippen LogP contribution is -2.29. The number of benzene rings is 1. The Hall–Kier alpha value is -1.84. The van der Waals surface area contributed by atoms with Crippen LogP contribution in [-0.4, -0.2) is 36.3 Å². The van der Waals surface area contributed by atoms with E-state index in [1.165, 1.54) is 0 Å². The van der Waals surface area contributed by atoms with Crippen molar-refractivity contribution in [3.63, 3.8) is 0 Å². The summed E-state index contributed by atoms with van der Waals surface area (Å²) in [4.78, 5) is 23.9. The molecule has 0 aliphatic carbocycles. The average molecular weight is 233 g/mol. The van der Waals surface area contributed by atoms with Crippen LogP contribution in [0.25, 0.3) is 0 Å². The van der Waals surface area contributed by atoms with Crippen LogP contribution in [0.5, 0.6) is 5.75 Å². The van der Waals surface area contributed by atoms with Crippen LogP contribution >= 0.6 is 0 Å². The van der Waals surface area contributed by atoms with Crippen molar-refractivity contribution in [2.24, 2.45) is 0 Å². The molecule has 0 spiro atoms. The first-order valence-electron chi connectivity index (χ1n) is 5.77. The van der Waals surface area contributed by atoms with E-state index in [1.807, 2.05) is 30.3 Å². The molecule has 0 atom stereocenters. The van der Waals surface area contributed by atoms with Gasteiger partial charge in [0.15, 0.2) is 0 Å². The van der Waals surface area contributed by atoms with Crippen molar-refractivity contribution < 1.29 is 14.3 Å². The zero-order chi connectivity index (χ0) is 12.1. The highest BCUT2D eigenvalue weighted by Crippen LogP contribution is 2.10. The van der Waals surface area contributed by atoms with Gasteiger partial charge in [-0.1, -0.05) is 18.2 Å². The number of ketones is 1. The molecule has 2 rings (SSSR count). The zero-order valence-corrected chi connectivity index (χ0v) is 9.59. The molecule has 1 heterocycles. The van der Waals surface area contributed by atoms with Crippen LogP contribution in [0.1, 0.15) is 12.8 Å². The first-order chi connectivity index (χ1) is 8.27. The van der Waals surface area contributed by atoms with Crippen LogP contribution < -0.4 is 4.74 Å². The molecule has 0 aromatic heterocycles. The topological polar surface area (TPSA) is 46.6 Å². The molecule has 4 heteroatoms. The van der Waals surface area contributed by atoms with E-state index in [4.69, 9.17) is 4.74 Å². The number of nitrogens with zero attached hydrogens (tertiary/aromatic N) is 1. The number of carbonyl (C=O) groups is 2. The van der Waals surface area contributed by atoms with E-state index in [0.717, 1.165) is 12.2 Å². The van der Waals surface area contributed by atoms with E-state index in [2.05, 4.69) is 0 Å². The summed E-state index contributed by atoms with van der Waals surface area (Å²) in [7, 11) is 0. The monoisotopic (exact) mass is 233 g/mol. The number of carbonyl (C=O) groups excluding carboxylic acids is 2. The number of likely N-dealkylation sites (tertiary alicyclic amines) is 1. The number of amides is 1. The Balaban J connectivity index is 1.67. The molecule has 0 radical (unpaired) electrons. The van der Waals surface area contributed by atoms with E-state index in [9.17, 15) is 9.59 Å². The highest BCUT2D eigenvalue weighted by Gasteiger charge is 2.28. The second-order valence-corrected chi connectivity index (χ2v) is 3.98. The zero-order valence-electron chi connectivity index (χ0n) is 9.59. The van der Waals surface area contributed by atoms with Gasteiger partial charge in [0.05, 0.1) is 6.61 Å². The highest BCUT2D eigenvalue weighted by molar-refractivity contribution is 6.37. The van der Waals surface area contributed by atoms with Crippen molar-refractivity contribution in [3.05, 3.63) is 30.3 Å². The van der Waals surface area contributed by atoms with E-state index in [-0.39, 0.29) is 11.7 Å². The molecule has 0 bridgehead atoms. The van der Waals surface area contributed by atoms with Crippen molar-refractivity contribution >= 4 is 11.7 Å². The Labute approximate surface area is 100 Å². The molecule has 1 aromatic rings.